The summed E-state index contributed by atoms with van der Waals surface area (Å²) in [5, 5.41) is 3.12. The number of aryl methyl sites for hydroxylation is 1. The monoisotopic (exact) mass is 348 g/mol. The van der Waals surface area contributed by atoms with Crippen LogP contribution in [0.4, 0.5) is 9.39 Å². The molecule has 7 heteroatoms. The Balaban J connectivity index is 2.26. The number of hydrogen-bond acceptors (Lipinski definition) is 4. The standard InChI is InChI=1S/C17H17FN2O3S/c1-8(21)20-17-14(16(19)22)10-5-3-4-9-6-12(18)13(23-2)7-11(9)15(10)24-17/h6-7H,3-5H2,1-2H3,(H2,19,22)(H,20,21). The minimum Gasteiger partial charge on any atom is -0.494 e. The second kappa shape index (κ2) is 6.24. The first kappa shape index (κ1) is 16.4. The van der Waals surface area contributed by atoms with E-state index in [1.54, 1.807) is 6.07 Å². The Morgan fingerprint density at radius 3 is 2.71 bits per heavy atom. The van der Waals surface area contributed by atoms with Crippen LogP contribution in [-0.4, -0.2) is 18.9 Å². The summed E-state index contributed by atoms with van der Waals surface area (Å²) in [5.74, 6) is -1.11. The maximum absolute atomic E-state index is 14.0. The van der Waals surface area contributed by atoms with Gasteiger partial charge in [0.25, 0.3) is 5.91 Å². The molecule has 1 aliphatic carbocycles. The van der Waals surface area contributed by atoms with Gasteiger partial charge in [0, 0.05) is 11.8 Å². The minimum atomic E-state index is -0.575. The molecule has 0 atom stereocenters. The number of anilines is 1. The molecule has 0 saturated heterocycles. The van der Waals surface area contributed by atoms with Crippen molar-refractivity contribution < 1.29 is 18.7 Å². The molecule has 0 aliphatic heterocycles. The summed E-state index contributed by atoms with van der Waals surface area (Å²) >= 11 is 1.29. The summed E-state index contributed by atoms with van der Waals surface area (Å²) in [4.78, 5) is 24.2. The lowest BCUT2D eigenvalue weighted by Crippen LogP contribution is -2.16. The number of amides is 2. The van der Waals surface area contributed by atoms with Crippen molar-refractivity contribution in [2.24, 2.45) is 5.73 Å². The minimum absolute atomic E-state index is 0.150. The van der Waals surface area contributed by atoms with E-state index in [4.69, 9.17) is 10.5 Å². The van der Waals surface area contributed by atoms with Gasteiger partial charge in [0.2, 0.25) is 5.91 Å². The van der Waals surface area contributed by atoms with Gasteiger partial charge in [-0.3, -0.25) is 9.59 Å². The van der Waals surface area contributed by atoms with Gasteiger partial charge in [0.05, 0.1) is 12.7 Å². The van der Waals surface area contributed by atoms with Crippen LogP contribution >= 0.6 is 11.3 Å². The third kappa shape index (κ3) is 2.75. The predicted octanol–water partition coefficient (Wildman–Crippen LogP) is 3.11. The van der Waals surface area contributed by atoms with Crippen molar-refractivity contribution in [1.82, 2.24) is 0 Å². The van der Waals surface area contributed by atoms with Crippen LogP contribution in [0.5, 0.6) is 5.75 Å². The number of ether oxygens (including phenoxy) is 1. The lowest BCUT2D eigenvalue weighted by molar-refractivity contribution is -0.114. The quantitative estimate of drug-likeness (QED) is 0.894. The number of halogens is 1. The number of carbonyl (C=O) groups is 2. The Labute approximate surface area is 142 Å². The van der Waals surface area contributed by atoms with Crippen LogP contribution < -0.4 is 15.8 Å². The zero-order valence-electron chi connectivity index (χ0n) is 13.4. The molecular formula is C17H17FN2O3S. The number of primary amides is 1. The highest BCUT2D eigenvalue weighted by Gasteiger charge is 2.27. The smallest absolute Gasteiger partial charge is 0.252 e. The van der Waals surface area contributed by atoms with E-state index in [9.17, 15) is 14.0 Å². The highest BCUT2D eigenvalue weighted by atomic mass is 32.1. The van der Waals surface area contributed by atoms with Crippen molar-refractivity contribution in [2.45, 2.75) is 26.2 Å². The first-order valence-corrected chi connectivity index (χ1v) is 8.33. The second-order valence-electron chi connectivity index (χ2n) is 5.66. The molecule has 2 amide bonds. The van der Waals surface area contributed by atoms with Crippen molar-refractivity contribution >= 4 is 28.2 Å². The molecule has 0 radical (unpaired) electrons. The zero-order chi connectivity index (χ0) is 17.4. The fraction of sp³-hybridized carbons (Fsp3) is 0.294. The van der Waals surface area contributed by atoms with Gasteiger partial charge in [-0.1, -0.05) is 0 Å². The van der Waals surface area contributed by atoms with Crippen molar-refractivity contribution in [3.05, 3.63) is 34.6 Å². The third-order valence-electron chi connectivity index (χ3n) is 4.04. The SMILES string of the molecule is COc1cc2c(cc1F)CCCc1c-2sc(NC(C)=O)c1C(N)=O. The van der Waals surface area contributed by atoms with Crippen LogP contribution in [-0.2, 0) is 17.6 Å². The fourth-order valence-corrected chi connectivity index (χ4v) is 4.41. The largest absolute Gasteiger partial charge is 0.494 e. The molecule has 0 unspecified atom stereocenters. The summed E-state index contributed by atoms with van der Waals surface area (Å²) in [7, 11) is 1.41. The number of benzene rings is 1. The van der Waals surface area contributed by atoms with Crippen LogP contribution in [0, 0.1) is 5.82 Å². The normalized spacial score (nSPS) is 12.8. The molecule has 126 valence electrons. The van der Waals surface area contributed by atoms with Gasteiger partial charge in [-0.25, -0.2) is 4.39 Å². The molecular weight excluding hydrogens is 331 g/mol. The van der Waals surface area contributed by atoms with Crippen LogP contribution in [0.3, 0.4) is 0 Å². The van der Waals surface area contributed by atoms with E-state index in [1.807, 2.05) is 0 Å². The van der Waals surface area contributed by atoms with E-state index < -0.39 is 11.7 Å². The van der Waals surface area contributed by atoms with E-state index in [1.165, 1.54) is 31.4 Å². The number of hydrogen-bond donors (Lipinski definition) is 2. The van der Waals surface area contributed by atoms with Gasteiger partial charge in [-0.05, 0) is 48.1 Å². The molecule has 3 N–H and O–H groups in total. The summed E-state index contributed by atoms with van der Waals surface area (Å²) < 4.78 is 19.1. The lowest BCUT2D eigenvalue weighted by Gasteiger charge is -2.09. The van der Waals surface area contributed by atoms with E-state index in [-0.39, 0.29) is 11.7 Å². The van der Waals surface area contributed by atoms with Gasteiger partial charge in [-0.15, -0.1) is 11.3 Å². The van der Waals surface area contributed by atoms with Crippen LogP contribution in [0.1, 0.15) is 34.8 Å². The molecule has 1 aliphatic rings. The van der Waals surface area contributed by atoms with Gasteiger partial charge >= 0.3 is 0 Å². The number of methoxy groups -OCH3 is 1. The van der Waals surface area contributed by atoms with E-state index >= 15 is 0 Å². The van der Waals surface area contributed by atoms with Crippen molar-refractivity contribution in [2.75, 3.05) is 12.4 Å². The Morgan fingerprint density at radius 2 is 2.08 bits per heavy atom. The van der Waals surface area contributed by atoms with Crippen molar-refractivity contribution in [3.8, 4) is 16.2 Å². The number of rotatable bonds is 3. The maximum Gasteiger partial charge on any atom is 0.252 e. The molecule has 5 nitrogen and oxygen atoms in total. The van der Waals surface area contributed by atoms with Gasteiger partial charge in [0.15, 0.2) is 11.6 Å². The Morgan fingerprint density at radius 1 is 1.33 bits per heavy atom. The number of nitrogens with one attached hydrogen (secondary N) is 1. The fourth-order valence-electron chi connectivity index (χ4n) is 3.05. The lowest BCUT2D eigenvalue weighted by atomic mass is 10.0. The molecule has 2 aromatic rings. The van der Waals surface area contributed by atoms with E-state index in [0.29, 0.717) is 23.4 Å². The van der Waals surface area contributed by atoms with Gasteiger partial charge in [0.1, 0.15) is 5.00 Å². The Kier molecular flexibility index (Phi) is 4.28. The molecule has 24 heavy (non-hydrogen) atoms. The van der Waals surface area contributed by atoms with Gasteiger partial charge < -0.3 is 15.8 Å². The summed E-state index contributed by atoms with van der Waals surface area (Å²) in [6, 6.07) is 3.12. The highest BCUT2D eigenvalue weighted by Crippen LogP contribution is 2.45. The molecule has 1 aromatic heterocycles. The molecule has 0 fully saturated rings. The van der Waals surface area contributed by atoms with Crippen molar-refractivity contribution in [1.29, 1.82) is 0 Å². The first-order chi connectivity index (χ1) is 11.4. The van der Waals surface area contributed by atoms with Gasteiger partial charge in [-0.2, -0.15) is 0 Å². The summed E-state index contributed by atoms with van der Waals surface area (Å²) in [6.07, 6.45) is 2.11. The maximum atomic E-state index is 14.0. The summed E-state index contributed by atoms with van der Waals surface area (Å²) in [6.45, 7) is 1.38. The molecule has 1 heterocycles. The molecule has 0 saturated carbocycles. The number of nitrogens with two attached hydrogens (primary N) is 1. The average Bonchev–Trinajstić information content (AvgIpc) is 2.76. The average molecular weight is 348 g/mol. The Bertz CT molecular complexity index is 845. The third-order valence-corrected chi connectivity index (χ3v) is 5.22. The molecule has 3 rings (SSSR count). The first-order valence-electron chi connectivity index (χ1n) is 7.52. The summed E-state index contributed by atoms with van der Waals surface area (Å²) in [5.41, 5.74) is 8.38. The number of thiophene rings is 1. The number of carbonyl (C=O) groups excluding carboxylic acids is 2. The topological polar surface area (TPSA) is 81.4 Å². The van der Waals surface area contributed by atoms with E-state index in [0.717, 1.165) is 28.0 Å². The molecule has 1 aromatic carbocycles. The van der Waals surface area contributed by atoms with Crippen LogP contribution in [0.2, 0.25) is 0 Å². The number of fused-ring (bicyclic) bond motifs is 3. The zero-order valence-corrected chi connectivity index (χ0v) is 14.2. The van der Waals surface area contributed by atoms with Crippen LogP contribution in [0.15, 0.2) is 12.1 Å². The van der Waals surface area contributed by atoms with Crippen molar-refractivity contribution in [3.63, 3.8) is 0 Å². The highest BCUT2D eigenvalue weighted by molar-refractivity contribution is 7.20. The predicted molar refractivity (Wildman–Crippen MR) is 91.1 cm³/mol. The molecule has 0 bridgehead atoms. The van der Waals surface area contributed by atoms with E-state index in [2.05, 4.69) is 5.32 Å². The second-order valence-corrected chi connectivity index (χ2v) is 6.68. The Hall–Kier alpha value is -2.41. The van der Waals surface area contributed by atoms with Crippen LogP contribution in [0.25, 0.3) is 10.4 Å². The molecule has 0 spiro atoms.